The molecule has 0 bridgehead atoms. The summed E-state index contributed by atoms with van der Waals surface area (Å²) < 4.78 is 2.42. The van der Waals surface area contributed by atoms with Gasteiger partial charge in [-0.3, -0.25) is 9.48 Å². The van der Waals surface area contributed by atoms with Crippen molar-refractivity contribution in [3.8, 4) is 0 Å². The molecule has 0 aliphatic carbocycles. The maximum Gasteiger partial charge on any atom is 0.251 e. The molecule has 0 fully saturated rings. The summed E-state index contributed by atoms with van der Waals surface area (Å²) in [6.07, 6.45) is 5.16. The highest BCUT2D eigenvalue weighted by Gasteiger charge is 2.05. The first-order chi connectivity index (χ1) is 8.25. The summed E-state index contributed by atoms with van der Waals surface area (Å²) in [6.45, 7) is 1.20. The number of hydrogen-bond donors (Lipinski definition) is 1. The van der Waals surface area contributed by atoms with Crippen LogP contribution < -0.4 is 5.32 Å². The first-order valence-corrected chi connectivity index (χ1v) is 5.92. The Hall–Kier alpha value is -1.69. The maximum atomic E-state index is 11.7. The van der Waals surface area contributed by atoms with E-state index in [1.807, 2.05) is 12.3 Å². The van der Waals surface area contributed by atoms with Crippen LogP contribution >= 0.6 is 15.9 Å². The summed E-state index contributed by atoms with van der Waals surface area (Å²) in [5, 5.41) is 6.86. The van der Waals surface area contributed by atoms with Crippen molar-refractivity contribution in [2.45, 2.75) is 6.54 Å². The quantitative estimate of drug-likeness (QED) is 0.869. The summed E-state index contributed by atoms with van der Waals surface area (Å²) in [5.74, 6) is -0.111. The summed E-state index contributed by atoms with van der Waals surface area (Å²) in [4.78, 5) is 15.7. The number of nitrogens with one attached hydrogen (secondary N) is 1. The van der Waals surface area contributed by atoms with Gasteiger partial charge in [-0.05, 0) is 34.1 Å². The molecule has 1 amide bonds. The lowest BCUT2D eigenvalue weighted by atomic mass is 10.2. The Kier molecular flexibility index (Phi) is 3.87. The first-order valence-electron chi connectivity index (χ1n) is 5.13. The summed E-state index contributed by atoms with van der Waals surface area (Å²) >= 11 is 3.22. The Morgan fingerprint density at radius 1 is 1.47 bits per heavy atom. The second kappa shape index (κ2) is 5.58. The molecular weight excluding hydrogens is 284 g/mol. The molecule has 0 radical (unpaired) electrons. The van der Waals surface area contributed by atoms with Crippen LogP contribution in [0.4, 0.5) is 0 Å². The van der Waals surface area contributed by atoms with Gasteiger partial charge in [0.25, 0.3) is 5.91 Å². The molecule has 2 aromatic heterocycles. The Bertz CT molecular complexity index is 498. The molecule has 2 aromatic rings. The lowest BCUT2D eigenvalue weighted by Gasteiger charge is -2.05. The van der Waals surface area contributed by atoms with Gasteiger partial charge in [0, 0.05) is 30.7 Å². The number of rotatable bonds is 4. The van der Waals surface area contributed by atoms with Gasteiger partial charge in [-0.2, -0.15) is 5.10 Å². The van der Waals surface area contributed by atoms with Crippen molar-refractivity contribution >= 4 is 21.8 Å². The molecule has 0 spiro atoms. The number of halogens is 1. The zero-order valence-corrected chi connectivity index (χ0v) is 10.6. The van der Waals surface area contributed by atoms with E-state index in [9.17, 15) is 4.79 Å². The molecule has 0 unspecified atom stereocenters. The van der Waals surface area contributed by atoms with Crippen LogP contribution in [0.3, 0.4) is 0 Å². The molecule has 5 nitrogen and oxygen atoms in total. The van der Waals surface area contributed by atoms with Crippen LogP contribution in [0.15, 0.2) is 41.4 Å². The van der Waals surface area contributed by atoms with Gasteiger partial charge in [-0.25, -0.2) is 4.98 Å². The first kappa shape index (κ1) is 11.8. The van der Waals surface area contributed by atoms with Crippen LogP contribution in [0.1, 0.15) is 10.4 Å². The van der Waals surface area contributed by atoms with Crippen molar-refractivity contribution in [2.24, 2.45) is 0 Å². The van der Waals surface area contributed by atoms with Crippen LogP contribution in [0.2, 0.25) is 0 Å². The minimum absolute atomic E-state index is 0.111. The van der Waals surface area contributed by atoms with E-state index < -0.39 is 0 Å². The zero-order chi connectivity index (χ0) is 12.1. The number of nitrogens with zero attached hydrogens (tertiary/aromatic N) is 3. The van der Waals surface area contributed by atoms with Crippen molar-refractivity contribution in [3.05, 3.63) is 47.0 Å². The number of carbonyl (C=O) groups excluding carboxylic acids is 1. The van der Waals surface area contributed by atoms with Crippen molar-refractivity contribution in [1.29, 1.82) is 0 Å². The third-order valence-corrected chi connectivity index (χ3v) is 2.61. The Morgan fingerprint density at radius 3 is 3.06 bits per heavy atom. The van der Waals surface area contributed by atoms with Gasteiger partial charge < -0.3 is 5.32 Å². The summed E-state index contributed by atoms with van der Waals surface area (Å²) in [6, 6.07) is 5.21. The Labute approximate surface area is 107 Å². The molecule has 1 N–H and O–H groups in total. The molecule has 6 heteroatoms. The molecule has 0 saturated carbocycles. The maximum absolute atomic E-state index is 11.7. The van der Waals surface area contributed by atoms with Crippen LogP contribution in [0.25, 0.3) is 0 Å². The van der Waals surface area contributed by atoms with E-state index in [2.05, 4.69) is 31.3 Å². The van der Waals surface area contributed by atoms with E-state index >= 15 is 0 Å². The van der Waals surface area contributed by atoms with E-state index in [4.69, 9.17) is 0 Å². The molecule has 2 rings (SSSR count). The molecule has 0 aliphatic rings. The van der Waals surface area contributed by atoms with Crippen LogP contribution in [0, 0.1) is 0 Å². The van der Waals surface area contributed by atoms with Gasteiger partial charge in [0.2, 0.25) is 0 Å². The second-order valence-electron chi connectivity index (χ2n) is 3.39. The molecule has 2 heterocycles. The minimum atomic E-state index is -0.111. The predicted molar refractivity (Wildman–Crippen MR) is 66.5 cm³/mol. The van der Waals surface area contributed by atoms with Gasteiger partial charge >= 0.3 is 0 Å². The van der Waals surface area contributed by atoms with Gasteiger partial charge in [0.15, 0.2) is 0 Å². The number of hydrogen-bond acceptors (Lipinski definition) is 3. The van der Waals surface area contributed by atoms with Crippen LogP contribution in [0.5, 0.6) is 0 Å². The topological polar surface area (TPSA) is 59.8 Å². The van der Waals surface area contributed by atoms with E-state index in [-0.39, 0.29) is 5.91 Å². The normalized spacial score (nSPS) is 10.2. The molecule has 0 saturated heterocycles. The van der Waals surface area contributed by atoms with Crippen molar-refractivity contribution < 1.29 is 4.79 Å². The Balaban J connectivity index is 1.85. The van der Waals surface area contributed by atoms with Crippen molar-refractivity contribution in [1.82, 2.24) is 20.1 Å². The molecule has 0 aromatic carbocycles. The van der Waals surface area contributed by atoms with Crippen molar-refractivity contribution in [3.63, 3.8) is 0 Å². The smallest absolute Gasteiger partial charge is 0.251 e. The predicted octanol–water partition coefficient (Wildman–Crippen LogP) is 1.47. The van der Waals surface area contributed by atoms with Crippen molar-refractivity contribution in [2.75, 3.05) is 6.54 Å². The number of carbonyl (C=O) groups is 1. The number of aromatic nitrogens is 3. The average Bonchev–Trinajstić information content (AvgIpc) is 2.82. The molecular formula is C11H11BrN4O. The SMILES string of the molecule is O=C(NCCn1cccn1)c1ccnc(Br)c1. The van der Waals surface area contributed by atoms with Gasteiger partial charge in [-0.15, -0.1) is 0 Å². The van der Waals surface area contributed by atoms with Gasteiger partial charge in [0.1, 0.15) is 4.60 Å². The second-order valence-corrected chi connectivity index (χ2v) is 4.20. The Morgan fingerprint density at radius 2 is 2.35 bits per heavy atom. The van der Waals surface area contributed by atoms with E-state index in [1.165, 1.54) is 0 Å². The summed E-state index contributed by atoms with van der Waals surface area (Å²) in [5.41, 5.74) is 0.590. The highest BCUT2D eigenvalue weighted by molar-refractivity contribution is 9.10. The third kappa shape index (κ3) is 3.39. The van der Waals surface area contributed by atoms with Gasteiger partial charge in [0.05, 0.1) is 6.54 Å². The largest absolute Gasteiger partial charge is 0.350 e. The standard InChI is InChI=1S/C11H11BrN4O/c12-10-8-9(2-4-13-10)11(17)14-5-7-16-6-1-3-15-16/h1-4,6,8H,5,7H2,(H,14,17). The lowest BCUT2D eigenvalue weighted by molar-refractivity contribution is 0.0951. The fourth-order valence-electron chi connectivity index (χ4n) is 1.36. The monoisotopic (exact) mass is 294 g/mol. The fraction of sp³-hybridized carbons (Fsp3) is 0.182. The van der Waals surface area contributed by atoms with E-state index in [0.29, 0.717) is 23.3 Å². The number of amides is 1. The van der Waals surface area contributed by atoms with E-state index in [0.717, 1.165) is 0 Å². The fourth-order valence-corrected chi connectivity index (χ4v) is 1.73. The van der Waals surface area contributed by atoms with Gasteiger partial charge in [-0.1, -0.05) is 0 Å². The highest BCUT2D eigenvalue weighted by Crippen LogP contribution is 2.07. The minimum Gasteiger partial charge on any atom is -0.350 e. The highest BCUT2D eigenvalue weighted by atomic mass is 79.9. The van der Waals surface area contributed by atoms with Crippen LogP contribution in [-0.2, 0) is 6.54 Å². The molecule has 88 valence electrons. The lowest BCUT2D eigenvalue weighted by Crippen LogP contribution is -2.27. The average molecular weight is 295 g/mol. The van der Waals surface area contributed by atoms with Crippen LogP contribution in [-0.4, -0.2) is 27.2 Å². The van der Waals surface area contributed by atoms with E-state index in [1.54, 1.807) is 29.2 Å². The molecule has 0 atom stereocenters. The molecule has 17 heavy (non-hydrogen) atoms. The zero-order valence-electron chi connectivity index (χ0n) is 9.01. The summed E-state index contributed by atoms with van der Waals surface area (Å²) in [7, 11) is 0. The third-order valence-electron chi connectivity index (χ3n) is 2.17. The molecule has 0 aliphatic heterocycles. The number of pyridine rings is 1.